The minimum Gasteiger partial charge on any atom is -0.457 e. The van der Waals surface area contributed by atoms with Crippen LogP contribution in [0.25, 0.3) is 0 Å². The monoisotopic (exact) mass is 514 g/mol. The van der Waals surface area contributed by atoms with Crippen LogP contribution in [0, 0.1) is 17.4 Å². The van der Waals surface area contributed by atoms with Crippen molar-refractivity contribution < 1.29 is 4.74 Å². The van der Waals surface area contributed by atoms with Crippen molar-refractivity contribution in [2.45, 2.75) is 34.1 Å². The van der Waals surface area contributed by atoms with E-state index in [1.165, 1.54) is 0 Å². The fourth-order valence-corrected chi connectivity index (χ4v) is 3.15. The Kier molecular flexibility index (Phi) is 7.75. The molecule has 0 amide bonds. The molecule has 0 bridgehead atoms. The van der Waals surface area contributed by atoms with Crippen LogP contribution >= 0.6 is 38.5 Å². The van der Waals surface area contributed by atoms with Gasteiger partial charge in [0.2, 0.25) is 0 Å². The molecule has 2 aromatic rings. The van der Waals surface area contributed by atoms with Crippen LogP contribution < -0.4 is 4.74 Å². The third kappa shape index (κ3) is 5.71. The number of ether oxygens (including phenoxy) is 1. The molecule has 2 rings (SSSR count). The van der Waals surface area contributed by atoms with Crippen LogP contribution in [0.5, 0.6) is 11.5 Å². The lowest BCUT2D eigenvalue weighted by Gasteiger charge is -2.16. The molecule has 134 valence electrons. The van der Waals surface area contributed by atoms with E-state index in [2.05, 4.69) is 88.2 Å². The number of nitrogens with zero attached hydrogens (tertiary/aromatic N) is 2. The van der Waals surface area contributed by atoms with Gasteiger partial charge in [0.15, 0.2) is 0 Å². The molecule has 2 aromatic carbocycles. The maximum absolute atomic E-state index is 6.08. The molecular formula is C20H24BrIN2O. The van der Waals surface area contributed by atoms with E-state index in [9.17, 15) is 0 Å². The van der Waals surface area contributed by atoms with Crippen molar-refractivity contribution >= 4 is 50.5 Å². The Hall–Kier alpha value is -1.08. The SMILES string of the molecule is CCCN(/C=N/c1cc(C)c(Oc2ccc(Br)c(I)c2)cc1C)CC. The van der Waals surface area contributed by atoms with Crippen molar-refractivity contribution in [3.05, 3.63) is 49.5 Å². The Morgan fingerprint density at radius 3 is 2.56 bits per heavy atom. The maximum Gasteiger partial charge on any atom is 0.130 e. The van der Waals surface area contributed by atoms with Gasteiger partial charge in [0, 0.05) is 21.1 Å². The highest BCUT2D eigenvalue weighted by molar-refractivity contribution is 14.1. The zero-order chi connectivity index (χ0) is 18.4. The standard InChI is InChI=1S/C20H24BrIN2O/c1-5-9-24(6-2)13-23-19-10-15(4)20(11-14(19)3)25-16-7-8-17(21)18(22)12-16/h7-8,10-13H,5-6,9H2,1-4H3/b23-13+. The van der Waals surface area contributed by atoms with Gasteiger partial charge in [0.05, 0.1) is 12.0 Å². The average molecular weight is 515 g/mol. The van der Waals surface area contributed by atoms with E-state index in [1.54, 1.807) is 0 Å². The Labute approximate surface area is 172 Å². The van der Waals surface area contributed by atoms with Crippen LogP contribution in [0.1, 0.15) is 31.4 Å². The molecule has 0 fully saturated rings. The zero-order valence-electron chi connectivity index (χ0n) is 15.1. The van der Waals surface area contributed by atoms with Crippen LogP contribution in [0.3, 0.4) is 0 Å². The van der Waals surface area contributed by atoms with Crippen LogP contribution in [0.4, 0.5) is 5.69 Å². The second-order valence-electron chi connectivity index (χ2n) is 5.96. The molecule has 0 aliphatic carbocycles. The smallest absolute Gasteiger partial charge is 0.130 e. The van der Waals surface area contributed by atoms with Crippen molar-refractivity contribution in [1.29, 1.82) is 0 Å². The van der Waals surface area contributed by atoms with Crippen molar-refractivity contribution in [3.63, 3.8) is 0 Å². The lowest BCUT2D eigenvalue weighted by molar-refractivity contribution is 0.452. The third-order valence-electron chi connectivity index (χ3n) is 3.89. The summed E-state index contributed by atoms with van der Waals surface area (Å²) in [6.07, 6.45) is 3.07. The lowest BCUT2D eigenvalue weighted by atomic mass is 10.1. The first-order valence-corrected chi connectivity index (χ1v) is 10.3. The van der Waals surface area contributed by atoms with Gasteiger partial charge in [-0.15, -0.1) is 0 Å². The normalized spacial score (nSPS) is 11.1. The second kappa shape index (κ2) is 9.57. The summed E-state index contributed by atoms with van der Waals surface area (Å²) in [6, 6.07) is 10.1. The highest BCUT2D eigenvalue weighted by Crippen LogP contribution is 2.33. The summed E-state index contributed by atoms with van der Waals surface area (Å²) >= 11 is 5.80. The van der Waals surface area contributed by atoms with Gasteiger partial charge in [-0.25, -0.2) is 4.99 Å². The number of rotatable bonds is 7. The Morgan fingerprint density at radius 2 is 1.92 bits per heavy atom. The molecule has 25 heavy (non-hydrogen) atoms. The predicted molar refractivity (Wildman–Crippen MR) is 119 cm³/mol. The first kappa shape index (κ1) is 20.2. The van der Waals surface area contributed by atoms with Crippen LogP contribution in [0.15, 0.2) is 39.8 Å². The summed E-state index contributed by atoms with van der Waals surface area (Å²) in [5, 5.41) is 0. The predicted octanol–water partition coefficient (Wildman–Crippen LogP) is 6.85. The van der Waals surface area contributed by atoms with Gasteiger partial charge < -0.3 is 9.64 Å². The van der Waals surface area contributed by atoms with Crippen molar-refractivity contribution in [3.8, 4) is 11.5 Å². The van der Waals surface area contributed by atoms with Gasteiger partial charge in [-0.2, -0.15) is 0 Å². The summed E-state index contributed by atoms with van der Waals surface area (Å²) < 4.78 is 8.28. The van der Waals surface area contributed by atoms with Gasteiger partial charge in [-0.1, -0.05) is 6.92 Å². The molecular weight excluding hydrogens is 491 g/mol. The van der Waals surface area contributed by atoms with E-state index >= 15 is 0 Å². The molecule has 0 aliphatic heterocycles. The van der Waals surface area contributed by atoms with E-state index in [4.69, 9.17) is 4.74 Å². The number of aryl methyl sites for hydroxylation is 2. The molecule has 5 heteroatoms. The van der Waals surface area contributed by atoms with E-state index in [-0.39, 0.29) is 0 Å². The highest BCUT2D eigenvalue weighted by Gasteiger charge is 2.08. The second-order valence-corrected chi connectivity index (χ2v) is 7.97. The van der Waals surface area contributed by atoms with Crippen LogP contribution in [-0.2, 0) is 0 Å². The van der Waals surface area contributed by atoms with E-state index < -0.39 is 0 Å². The Morgan fingerprint density at radius 1 is 1.16 bits per heavy atom. The molecule has 0 spiro atoms. The van der Waals surface area contributed by atoms with Gasteiger partial charge in [-0.05, 0) is 107 Å². The minimum atomic E-state index is 0.839. The first-order chi connectivity index (χ1) is 11.9. The molecule has 0 aromatic heterocycles. The molecule has 0 radical (unpaired) electrons. The van der Waals surface area contributed by atoms with Crippen molar-refractivity contribution in [2.24, 2.45) is 4.99 Å². The van der Waals surface area contributed by atoms with Gasteiger partial charge in [0.25, 0.3) is 0 Å². The topological polar surface area (TPSA) is 24.8 Å². The van der Waals surface area contributed by atoms with Crippen LogP contribution in [-0.4, -0.2) is 24.3 Å². The molecule has 0 atom stereocenters. The summed E-state index contributed by atoms with van der Waals surface area (Å²) in [5.41, 5.74) is 3.18. The Balaban J connectivity index is 2.21. The molecule has 0 N–H and O–H groups in total. The molecule has 3 nitrogen and oxygen atoms in total. The van der Waals surface area contributed by atoms with Crippen molar-refractivity contribution in [2.75, 3.05) is 13.1 Å². The number of aliphatic imine (C=N–C) groups is 1. The molecule has 0 aliphatic rings. The molecule has 0 saturated heterocycles. The summed E-state index contributed by atoms with van der Waals surface area (Å²) in [7, 11) is 0. The minimum absolute atomic E-state index is 0.839. The lowest BCUT2D eigenvalue weighted by Crippen LogP contribution is -2.21. The zero-order valence-corrected chi connectivity index (χ0v) is 18.9. The van der Waals surface area contributed by atoms with Gasteiger partial charge in [0.1, 0.15) is 11.5 Å². The Bertz CT molecular complexity index is 762. The molecule has 0 heterocycles. The fourth-order valence-electron chi connectivity index (χ4n) is 2.42. The summed E-state index contributed by atoms with van der Waals surface area (Å²) in [6.45, 7) is 10.5. The maximum atomic E-state index is 6.08. The van der Waals surface area contributed by atoms with Crippen LogP contribution in [0.2, 0.25) is 0 Å². The van der Waals surface area contributed by atoms with E-state index in [0.29, 0.717) is 0 Å². The third-order valence-corrected chi connectivity index (χ3v) is 6.21. The number of hydrogen-bond acceptors (Lipinski definition) is 2. The number of halogens is 2. The molecule has 0 saturated carbocycles. The van der Waals surface area contributed by atoms with E-state index in [1.807, 2.05) is 24.5 Å². The fraction of sp³-hybridized carbons (Fsp3) is 0.350. The highest BCUT2D eigenvalue weighted by atomic mass is 127. The largest absolute Gasteiger partial charge is 0.457 e. The molecule has 0 unspecified atom stereocenters. The van der Waals surface area contributed by atoms with E-state index in [0.717, 1.165) is 55.9 Å². The number of hydrogen-bond donors (Lipinski definition) is 0. The quantitative estimate of drug-likeness (QED) is 0.229. The first-order valence-electron chi connectivity index (χ1n) is 8.47. The average Bonchev–Trinajstić information content (AvgIpc) is 2.58. The van der Waals surface area contributed by atoms with Crippen molar-refractivity contribution in [1.82, 2.24) is 4.90 Å². The summed E-state index contributed by atoms with van der Waals surface area (Å²) in [4.78, 5) is 6.89. The van der Waals surface area contributed by atoms with Gasteiger partial charge >= 0.3 is 0 Å². The number of benzene rings is 2. The summed E-state index contributed by atoms with van der Waals surface area (Å²) in [5.74, 6) is 1.71. The van der Waals surface area contributed by atoms with Gasteiger partial charge in [-0.3, -0.25) is 0 Å².